The Morgan fingerprint density at radius 2 is 1.97 bits per heavy atom. The Labute approximate surface area is 174 Å². The number of carbonyl (C=O) groups excluding carboxylic acids is 1. The molecule has 0 spiro atoms. The monoisotopic (exact) mass is 391 g/mol. The van der Waals surface area contributed by atoms with Crippen molar-refractivity contribution in [2.75, 3.05) is 6.54 Å². The first-order chi connectivity index (χ1) is 13.9. The first-order valence-electron chi connectivity index (χ1n) is 11.0. The molecule has 0 unspecified atom stereocenters. The lowest BCUT2D eigenvalue weighted by molar-refractivity contribution is 0.0943. The summed E-state index contributed by atoms with van der Waals surface area (Å²) in [6.45, 7) is 7.49. The molecule has 0 heterocycles. The van der Waals surface area contributed by atoms with Gasteiger partial charge in [0.15, 0.2) is 0 Å². The molecular formula is C26H33NO2. The second-order valence-corrected chi connectivity index (χ2v) is 9.53. The Kier molecular flexibility index (Phi) is 5.52. The molecular weight excluding hydrogens is 358 g/mol. The molecule has 3 heteroatoms. The van der Waals surface area contributed by atoms with Gasteiger partial charge in [-0.05, 0) is 72.3 Å². The number of aliphatic hydroxyl groups is 1. The van der Waals surface area contributed by atoms with Crippen molar-refractivity contribution >= 4 is 5.91 Å². The van der Waals surface area contributed by atoms with Gasteiger partial charge in [0, 0.05) is 18.0 Å². The van der Waals surface area contributed by atoms with Gasteiger partial charge in [-0.1, -0.05) is 56.7 Å². The molecule has 3 nitrogen and oxygen atoms in total. The summed E-state index contributed by atoms with van der Waals surface area (Å²) in [5.41, 5.74) is 6.51. The van der Waals surface area contributed by atoms with Gasteiger partial charge >= 0.3 is 0 Å². The van der Waals surface area contributed by atoms with E-state index in [1.54, 1.807) is 5.57 Å². The third kappa shape index (κ3) is 3.85. The quantitative estimate of drug-likeness (QED) is 0.741. The van der Waals surface area contributed by atoms with Crippen LogP contribution in [-0.2, 0) is 0 Å². The summed E-state index contributed by atoms with van der Waals surface area (Å²) in [6.07, 6.45) is 9.29. The topological polar surface area (TPSA) is 49.3 Å². The highest BCUT2D eigenvalue weighted by molar-refractivity contribution is 5.94. The summed E-state index contributed by atoms with van der Waals surface area (Å²) in [6, 6.07) is 9.30. The number of hydrogen-bond acceptors (Lipinski definition) is 2. The molecule has 0 saturated heterocycles. The first-order valence-corrected chi connectivity index (χ1v) is 11.0. The average molecular weight is 392 g/mol. The van der Waals surface area contributed by atoms with Gasteiger partial charge < -0.3 is 10.4 Å². The number of rotatable bonds is 4. The van der Waals surface area contributed by atoms with Crippen LogP contribution in [0, 0.1) is 17.3 Å². The van der Waals surface area contributed by atoms with E-state index in [1.165, 1.54) is 24.0 Å². The molecule has 154 valence electrons. The van der Waals surface area contributed by atoms with Crippen LogP contribution in [0.15, 0.2) is 64.8 Å². The number of aliphatic hydroxyl groups excluding tert-OH is 1. The van der Waals surface area contributed by atoms with E-state index in [1.807, 2.05) is 30.3 Å². The van der Waals surface area contributed by atoms with Crippen molar-refractivity contribution in [2.45, 2.75) is 59.0 Å². The number of fused-ring (bicyclic) bond motifs is 3. The van der Waals surface area contributed by atoms with Crippen LogP contribution >= 0.6 is 0 Å². The molecule has 0 aliphatic heterocycles. The lowest BCUT2D eigenvalue weighted by Crippen LogP contribution is -2.34. The molecule has 4 rings (SSSR count). The SMILES string of the molecule is CC(C)C1=C2C3=CC=C(CNC(=O)c4ccccc4)C[C@H](O)[C@@H]3CC[C@@]2(C)CC1. The van der Waals surface area contributed by atoms with Gasteiger partial charge in [0.25, 0.3) is 5.91 Å². The van der Waals surface area contributed by atoms with E-state index >= 15 is 0 Å². The van der Waals surface area contributed by atoms with E-state index in [2.05, 4.69) is 38.2 Å². The number of allylic oxidation sites excluding steroid dienone is 4. The molecule has 2 N–H and O–H groups in total. The van der Waals surface area contributed by atoms with Crippen molar-refractivity contribution in [3.05, 3.63) is 70.3 Å². The van der Waals surface area contributed by atoms with Crippen molar-refractivity contribution in [1.29, 1.82) is 0 Å². The van der Waals surface area contributed by atoms with Gasteiger partial charge in [-0.3, -0.25) is 4.79 Å². The highest BCUT2D eigenvalue weighted by Gasteiger charge is 2.45. The van der Waals surface area contributed by atoms with Gasteiger partial charge in [0.05, 0.1) is 6.10 Å². The minimum absolute atomic E-state index is 0.0662. The lowest BCUT2D eigenvalue weighted by atomic mass is 9.64. The summed E-state index contributed by atoms with van der Waals surface area (Å²) in [5, 5.41) is 14.1. The minimum atomic E-state index is -0.380. The average Bonchev–Trinajstić information content (AvgIpc) is 2.99. The first kappa shape index (κ1) is 20.2. The van der Waals surface area contributed by atoms with Gasteiger partial charge in [-0.25, -0.2) is 0 Å². The molecule has 0 aromatic heterocycles. The number of benzene rings is 1. The molecule has 1 amide bonds. The standard InChI is InChI=1S/C26H33NO2/c1-17(2)20-11-13-26(3)14-12-21-22(24(20)26)10-9-18(15-23(21)28)16-27-25(29)19-7-5-4-6-8-19/h4-10,17,21,23,28H,11-16H2,1-3H3,(H,27,29)/t21-,23+,26-/m1/s1. The summed E-state index contributed by atoms with van der Waals surface area (Å²) in [5.74, 6) is 0.701. The van der Waals surface area contributed by atoms with Crippen molar-refractivity contribution in [1.82, 2.24) is 5.32 Å². The predicted molar refractivity (Wildman–Crippen MR) is 117 cm³/mol. The van der Waals surface area contributed by atoms with Gasteiger partial charge in [-0.2, -0.15) is 0 Å². The molecule has 29 heavy (non-hydrogen) atoms. The number of hydrogen-bond donors (Lipinski definition) is 2. The fourth-order valence-corrected chi connectivity index (χ4v) is 5.53. The highest BCUT2D eigenvalue weighted by atomic mass is 16.3. The third-order valence-corrected chi connectivity index (χ3v) is 7.21. The van der Waals surface area contributed by atoms with Crippen LogP contribution < -0.4 is 5.32 Å². The van der Waals surface area contributed by atoms with Crippen LogP contribution in [-0.4, -0.2) is 23.7 Å². The van der Waals surface area contributed by atoms with E-state index in [0.717, 1.165) is 18.4 Å². The summed E-state index contributed by atoms with van der Waals surface area (Å²) in [4.78, 5) is 12.4. The second-order valence-electron chi connectivity index (χ2n) is 9.53. The zero-order chi connectivity index (χ0) is 20.6. The maximum absolute atomic E-state index is 12.4. The molecule has 3 aliphatic carbocycles. The van der Waals surface area contributed by atoms with E-state index in [-0.39, 0.29) is 23.3 Å². The number of carbonyl (C=O) groups is 1. The zero-order valence-corrected chi connectivity index (χ0v) is 17.9. The summed E-state index contributed by atoms with van der Waals surface area (Å²) >= 11 is 0. The molecule has 1 saturated carbocycles. The molecule has 1 aromatic rings. The lowest BCUT2D eigenvalue weighted by Gasteiger charge is -2.41. The van der Waals surface area contributed by atoms with E-state index < -0.39 is 0 Å². The Morgan fingerprint density at radius 1 is 1.21 bits per heavy atom. The summed E-state index contributed by atoms with van der Waals surface area (Å²) in [7, 11) is 0. The Bertz CT molecular complexity index is 877. The molecule has 0 bridgehead atoms. The maximum atomic E-state index is 12.4. The smallest absolute Gasteiger partial charge is 0.251 e. The van der Waals surface area contributed by atoms with Crippen LogP contribution in [0.3, 0.4) is 0 Å². The molecule has 3 atom stereocenters. The normalized spacial score (nSPS) is 29.0. The Balaban J connectivity index is 1.58. The van der Waals surface area contributed by atoms with Crippen LogP contribution in [0.2, 0.25) is 0 Å². The van der Waals surface area contributed by atoms with Gasteiger partial charge in [-0.15, -0.1) is 0 Å². The van der Waals surface area contributed by atoms with E-state index in [4.69, 9.17) is 0 Å². The fourth-order valence-electron chi connectivity index (χ4n) is 5.53. The van der Waals surface area contributed by atoms with Crippen molar-refractivity contribution in [3.8, 4) is 0 Å². The van der Waals surface area contributed by atoms with Crippen LogP contribution in [0.25, 0.3) is 0 Å². The van der Waals surface area contributed by atoms with Crippen LogP contribution in [0.5, 0.6) is 0 Å². The Hall–Kier alpha value is -2.13. The van der Waals surface area contributed by atoms with E-state index in [0.29, 0.717) is 24.4 Å². The minimum Gasteiger partial charge on any atom is -0.392 e. The predicted octanol–water partition coefficient (Wildman–Crippen LogP) is 5.20. The largest absolute Gasteiger partial charge is 0.392 e. The van der Waals surface area contributed by atoms with Gasteiger partial charge in [0.2, 0.25) is 0 Å². The molecule has 1 aromatic carbocycles. The zero-order valence-electron chi connectivity index (χ0n) is 17.9. The van der Waals surface area contributed by atoms with Crippen LogP contribution in [0.4, 0.5) is 0 Å². The summed E-state index contributed by atoms with van der Waals surface area (Å²) < 4.78 is 0. The molecule has 0 radical (unpaired) electrons. The van der Waals surface area contributed by atoms with Gasteiger partial charge in [0.1, 0.15) is 0 Å². The fraction of sp³-hybridized carbons (Fsp3) is 0.500. The maximum Gasteiger partial charge on any atom is 0.251 e. The number of amides is 1. The second kappa shape index (κ2) is 7.95. The van der Waals surface area contributed by atoms with Crippen LogP contribution in [0.1, 0.15) is 63.2 Å². The number of nitrogens with one attached hydrogen (secondary N) is 1. The Morgan fingerprint density at radius 3 is 2.69 bits per heavy atom. The van der Waals surface area contributed by atoms with Crippen molar-refractivity contribution in [2.24, 2.45) is 17.3 Å². The van der Waals surface area contributed by atoms with E-state index in [9.17, 15) is 9.90 Å². The third-order valence-electron chi connectivity index (χ3n) is 7.21. The van der Waals surface area contributed by atoms with Crippen molar-refractivity contribution in [3.63, 3.8) is 0 Å². The molecule has 1 fully saturated rings. The molecule has 3 aliphatic rings. The van der Waals surface area contributed by atoms with Crippen molar-refractivity contribution < 1.29 is 9.90 Å². The highest BCUT2D eigenvalue weighted by Crippen LogP contribution is 2.57.